The smallest absolute Gasteiger partial charge is 0.164 e. The number of aliphatic hydroxyl groups excluding tert-OH is 1. The molecule has 0 amide bonds. The normalized spacial score (nSPS) is 23.7. The van der Waals surface area contributed by atoms with Gasteiger partial charge in [-0.3, -0.25) is 0 Å². The minimum atomic E-state index is -1.47. The molecule has 1 fully saturated rings. The highest BCUT2D eigenvalue weighted by molar-refractivity contribution is 5.38. The second-order valence-corrected chi connectivity index (χ2v) is 6.98. The topological polar surface area (TPSA) is 68.2 Å². The molecule has 0 unspecified atom stereocenters. The molecule has 0 saturated carbocycles. The number of hydrogen-bond donors (Lipinski definition) is 2. The molecule has 3 atom stereocenters. The third-order valence-electron chi connectivity index (χ3n) is 4.79. The molecule has 1 aliphatic rings. The Morgan fingerprint density at radius 2 is 1.50 bits per heavy atom. The molecule has 2 aromatic carbocycles. The summed E-state index contributed by atoms with van der Waals surface area (Å²) >= 11 is 0. The molecule has 1 aliphatic heterocycles. The van der Waals surface area contributed by atoms with Crippen LogP contribution in [0.4, 0.5) is 0 Å². The highest BCUT2D eigenvalue weighted by Gasteiger charge is 2.53. The molecular weight excluding hydrogens is 332 g/mol. The van der Waals surface area contributed by atoms with E-state index in [4.69, 9.17) is 14.2 Å². The van der Waals surface area contributed by atoms with E-state index in [0.29, 0.717) is 11.1 Å². The van der Waals surface area contributed by atoms with E-state index in [2.05, 4.69) is 0 Å². The molecule has 2 aromatic rings. The first-order valence-electron chi connectivity index (χ1n) is 8.75. The number of rotatable bonds is 6. The third kappa shape index (κ3) is 3.41. The van der Waals surface area contributed by atoms with Crippen molar-refractivity contribution in [2.75, 3.05) is 13.7 Å². The number of methoxy groups -OCH3 is 1. The van der Waals surface area contributed by atoms with Crippen LogP contribution >= 0.6 is 0 Å². The molecule has 5 nitrogen and oxygen atoms in total. The van der Waals surface area contributed by atoms with E-state index in [1.807, 2.05) is 60.7 Å². The first-order valence-corrected chi connectivity index (χ1v) is 8.75. The van der Waals surface area contributed by atoms with Gasteiger partial charge in [0.05, 0.1) is 6.61 Å². The Morgan fingerprint density at radius 3 is 1.92 bits per heavy atom. The fourth-order valence-electron chi connectivity index (χ4n) is 3.68. The van der Waals surface area contributed by atoms with E-state index >= 15 is 0 Å². The van der Waals surface area contributed by atoms with Gasteiger partial charge >= 0.3 is 0 Å². The zero-order valence-electron chi connectivity index (χ0n) is 15.3. The molecule has 1 saturated heterocycles. The molecule has 0 aliphatic carbocycles. The van der Waals surface area contributed by atoms with Crippen LogP contribution in [0.25, 0.3) is 0 Å². The van der Waals surface area contributed by atoms with Crippen LogP contribution in [0, 0.1) is 0 Å². The van der Waals surface area contributed by atoms with Crippen LogP contribution in [-0.4, -0.2) is 48.0 Å². The SMILES string of the molecule is CO[C@H]([C@H]1OC(C)(C)O[C@H]1CO)C(O)(c1ccccc1)c1ccccc1. The lowest BCUT2D eigenvalue weighted by atomic mass is 9.78. The van der Waals surface area contributed by atoms with Crippen molar-refractivity contribution in [2.24, 2.45) is 0 Å². The molecule has 1 heterocycles. The van der Waals surface area contributed by atoms with Crippen molar-refractivity contribution in [2.45, 2.75) is 43.5 Å². The Balaban J connectivity index is 2.11. The van der Waals surface area contributed by atoms with Crippen LogP contribution in [0.1, 0.15) is 25.0 Å². The van der Waals surface area contributed by atoms with Crippen LogP contribution < -0.4 is 0 Å². The monoisotopic (exact) mass is 358 g/mol. The van der Waals surface area contributed by atoms with E-state index in [-0.39, 0.29) is 6.61 Å². The van der Waals surface area contributed by atoms with Gasteiger partial charge in [-0.25, -0.2) is 0 Å². The highest BCUT2D eigenvalue weighted by atomic mass is 16.8. The van der Waals surface area contributed by atoms with E-state index in [0.717, 1.165) is 0 Å². The molecule has 3 rings (SSSR count). The lowest BCUT2D eigenvalue weighted by molar-refractivity contribution is -0.179. The third-order valence-corrected chi connectivity index (χ3v) is 4.79. The van der Waals surface area contributed by atoms with Gasteiger partial charge in [-0.1, -0.05) is 60.7 Å². The predicted octanol–water partition coefficient (Wildman–Crippen LogP) is 2.45. The Labute approximate surface area is 154 Å². The number of ether oxygens (including phenoxy) is 3. The van der Waals surface area contributed by atoms with Gasteiger partial charge in [0.1, 0.15) is 23.9 Å². The lowest BCUT2D eigenvalue weighted by Gasteiger charge is -2.40. The summed E-state index contributed by atoms with van der Waals surface area (Å²) in [6.45, 7) is 3.34. The predicted molar refractivity (Wildman–Crippen MR) is 97.6 cm³/mol. The standard InChI is InChI=1S/C21H26O5/c1-20(2)25-17(14-22)18(26-20)19(24-3)21(23,15-10-6-4-7-11-15)16-12-8-5-9-13-16/h4-13,17-19,22-23H,14H2,1-3H3/t17-,18-,19+/m0/s1. The molecule has 0 aromatic heterocycles. The quantitative estimate of drug-likeness (QED) is 0.830. The molecule has 2 N–H and O–H groups in total. The number of hydrogen-bond acceptors (Lipinski definition) is 5. The van der Waals surface area contributed by atoms with E-state index < -0.39 is 29.7 Å². The second kappa shape index (κ2) is 7.47. The van der Waals surface area contributed by atoms with Crippen molar-refractivity contribution >= 4 is 0 Å². The van der Waals surface area contributed by atoms with Crippen molar-refractivity contribution < 1.29 is 24.4 Å². The Hall–Kier alpha value is -1.76. The van der Waals surface area contributed by atoms with E-state index in [9.17, 15) is 10.2 Å². The summed E-state index contributed by atoms with van der Waals surface area (Å²) in [6, 6.07) is 18.7. The Morgan fingerprint density at radius 1 is 1.00 bits per heavy atom. The van der Waals surface area contributed by atoms with Crippen molar-refractivity contribution in [3.8, 4) is 0 Å². The fraction of sp³-hybridized carbons (Fsp3) is 0.429. The minimum Gasteiger partial charge on any atom is -0.394 e. The maximum absolute atomic E-state index is 11.9. The van der Waals surface area contributed by atoms with Crippen LogP contribution in [-0.2, 0) is 19.8 Å². The molecule has 140 valence electrons. The summed E-state index contributed by atoms with van der Waals surface area (Å²) in [5.41, 5.74) is -0.106. The number of benzene rings is 2. The average Bonchev–Trinajstić information content (AvgIpc) is 2.98. The molecule has 5 heteroatoms. The Bertz CT molecular complexity index is 661. The number of aliphatic hydroxyl groups is 2. The average molecular weight is 358 g/mol. The zero-order valence-corrected chi connectivity index (χ0v) is 15.3. The maximum atomic E-state index is 11.9. The maximum Gasteiger partial charge on any atom is 0.164 e. The molecule has 0 spiro atoms. The molecular formula is C21H26O5. The van der Waals surface area contributed by atoms with Crippen LogP contribution in [0.5, 0.6) is 0 Å². The lowest BCUT2D eigenvalue weighted by Crippen LogP contribution is -2.52. The van der Waals surface area contributed by atoms with Gasteiger partial charge in [-0.2, -0.15) is 0 Å². The summed E-state index contributed by atoms with van der Waals surface area (Å²) in [5.74, 6) is -0.872. The van der Waals surface area contributed by atoms with Gasteiger partial charge < -0.3 is 24.4 Å². The zero-order chi connectivity index (χ0) is 18.8. The van der Waals surface area contributed by atoms with Crippen LogP contribution in [0.3, 0.4) is 0 Å². The van der Waals surface area contributed by atoms with Crippen molar-refractivity contribution in [1.82, 2.24) is 0 Å². The van der Waals surface area contributed by atoms with Gasteiger partial charge in [-0.05, 0) is 25.0 Å². The molecule has 0 radical (unpaired) electrons. The summed E-state index contributed by atoms with van der Waals surface area (Å²) in [5, 5.41) is 21.7. The van der Waals surface area contributed by atoms with Gasteiger partial charge in [-0.15, -0.1) is 0 Å². The summed E-state index contributed by atoms with van der Waals surface area (Å²) in [4.78, 5) is 0. The van der Waals surface area contributed by atoms with E-state index in [1.54, 1.807) is 13.8 Å². The van der Waals surface area contributed by atoms with Crippen molar-refractivity contribution in [3.63, 3.8) is 0 Å². The van der Waals surface area contributed by atoms with Crippen molar-refractivity contribution in [1.29, 1.82) is 0 Å². The summed E-state index contributed by atoms with van der Waals surface area (Å²) < 4.78 is 17.6. The van der Waals surface area contributed by atoms with Crippen LogP contribution in [0.2, 0.25) is 0 Å². The van der Waals surface area contributed by atoms with Crippen molar-refractivity contribution in [3.05, 3.63) is 71.8 Å². The molecule has 0 bridgehead atoms. The largest absolute Gasteiger partial charge is 0.394 e. The first-order chi connectivity index (χ1) is 12.4. The van der Waals surface area contributed by atoms with Crippen LogP contribution in [0.15, 0.2) is 60.7 Å². The minimum absolute atomic E-state index is 0.229. The van der Waals surface area contributed by atoms with Gasteiger partial charge in [0.15, 0.2) is 5.79 Å². The highest BCUT2D eigenvalue weighted by Crippen LogP contribution is 2.41. The molecule has 26 heavy (non-hydrogen) atoms. The fourth-order valence-corrected chi connectivity index (χ4v) is 3.68. The second-order valence-electron chi connectivity index (χ2n) is 6.98. The first kappa shape index (κ1) is 19.0. The Kier molecular flexibility index (Phi) is 5.46. The summed E-state index contributed by atoms with van der Waals surface area (Å²) in [7, 11) is 1.53. The van der Waals surface area contributed by atoms with E-state index in [1.165, 1.54) is 7.11 Å². The van der Waals surface area contributed by atoms with Gasteiger partial charge in [0.2, 0.25) is 0 Å². The van der Waals surface area contributed by atoms with Gasteiger partial charge in [0, 0.05) is 7.11 Å². The van der Waals surface area contributed by atoms with Gasteiger partial charge in [0.25, 0.3) is 0 Å². The summed E-state index contributed by atoms with van der Waals surface area (Å²) in [6.07, 6.45) is -2.04.